The number of aromatic nitrogens is 2. The SMILES string of the molecule is C1=CC2N=C(c3ccc4cc(-c5c6ccccc6c(-c6ccc7cc(-c8cn9ccccc9n8)ccc7c6)c6ccccc56)ccc4c3)CN2C=C1. The van der Waals surface area contributed by atoms with Crippen LogP contribution in [0.2, 0.25) is 0 Å². The Balaban J connectivity index is 1.02. The maximum Gasteiger partial charge on any atom is 0.140 e. The number of imidazole rings is 1. The van der Waals surface area contributed by atoms with Crippen LogP contribution in [0.1, 0.15) is 5.56 Å². The lowest BCUT2D eigenvalue weighted by Crippen LogP contribution is -2.25. The minimum atomic E-state index is 0.110. The lowest BCUT2D eigenvalue weighted by molar-refractivity contribution is 0.393. The van der Waals surface area contributed by atoms with Gasteiger partial charge in [-0.05, 0) is 119 Å². The summed E-state index contributed by atoms with van der Waals surface area (Å²) in [6.45, 7) is 0.834. The van der Waals surface area contributed by atoms with Crippen LogP contribution in [0.3, 0.4) is 0 Å². The summed E-state index contributed by atoms with van der Waals surface area (Å²) in [5, 5.41) is 9.89. The van der Waals surface area contributed by atoms with Crippen LogP contribution in [0.4, 0.5) is 0 Å². The standard InChI is InChI=1S/C48H32N4/c1-2-10-40-39(9-1)47(37-21-17-31-25-35(19-15-33(31)27-37)43-29-51-23-7-5-13-45(51)49-43)41-11-3-4-12-42(41)48(40)38-22-18-32-26-36(20-16-34(32)28-38)44-30-52-24-8-6-14-46(52)50-44/h1-29,46H,30H2. The summed E-state index contributed by atoms with van der Waals surface area (Å²) in [6.07, 6.45) is 12.7. The first-order chi connectivity index (χ1) is 25.7. The van der Waals surface area contributed by atoms with Crippen LogP contribution in [0.15, 0.2) is 181 Å². The molecule has 4 heteroatoms. The average Bonchev–Trinajstić information content (AvgIpc) is 3.84. The Morgan fingerprint density at radius 1 is 0.519 bits per heavy atom. The van der Waals surface area contributed by atoms with Crippen molar-refractivity contribution < 1.29 is 0 Å². The highest BCUT2D eigenvalue weighted by molar-refractivity contribution is 6.22. The molecule has 2 aromatic heterocycles. The topological polar surface area (TPSA) is 32.9 Å². The van der Waals surface area contributed by atoms with Gasteiger partial charge < -0.3 is 9.30 Å². The number of aliphatic imine (C=N–C) groups is 1. The van der Waals surface area contributed by atoms with Gasteiger partial charge in [-0.2, -0.15) is 0 Å². The van der Waals surface area contributed by atoms with Crippen molar-refractivity contribution in [2.75, 3.05) is 6.54 Å². The zero-order valence-electron chi connectivity index (χ0n) is 28.3. The zero-order chi connectivity index (χ0) is 34.2. The molecule has 0 spiro atoms. The van der Waals surface area contributed by atoms with Crippen LogP contribution in [-0.2, 0) is 0 Å². The summed E-state index contributed by atoms with van der Waals surface area (Å²) in [5.74, 6) is 0. The number of rotatable bonds is 4. The quantitative estimate of drug-likeness (QED) is 0.175. The smallest absolute Gasteiger partial charge is 0.140 e. The Bertz CT molecular complexity index is 2930. The van der Waals surface area contributed by atoms with Crippen LogP contribution in [0, 0.1) is 0 Å². The molecular formula is C48H32N4. The largest absolute Gasteiger partial charge is 0.347 e. The first kappa shape index (κ1) is 29.0. The number of fused-ring (bicyclic) bond motifs is 6. The van der Waals surface area contributed by atoms with E-state index in [1.54, 1.807) is 0 Å². The van der Waals surface area contributed by atoms with E-state index in [9.17, 15) is 0 Å². The van der Waals surface area contributed by atoms with Gasteiger partial charge in [-0.3, -0.25) is 4.99 Å². The van der Waals surface area contributed by atoms with E-state index in [0.717, 1.165) is 29.2 Å². The average molecular weight is 665 g/mol. The molecule has 9 aromatic rings. The monoisotopic (exact) mass is 664 g/mol. The molecule has 0 radical (unpaired) electrons. The highest BCUT2D eigenvalue weighted by atomic mass is 15.3. The lowest BCUT2D eigenvalue weighted by atomic mass is 9.85. The van der Waals surface area contributed by atoms with E-state index < -0.39 is 0 Å². The molecule has 4 nitrogen and oxygen atoms in total. The number of hydrogen-bond donors (Lipinski definition) is 0. The molecule has 0 fully saturated rings. The molecule has 52 heavy (non-hydrogen) atoms. The summed E-state index contributed by atoms with van der Waals surface area (Å²) < 4.78 is 2.07. The van der Waals surface area contributed by atoms with E-state index in [1.807, 2.05) is 24.4 Å². The highest BCUT2D eigenvalue weighted by Crippen LogP contribution is 2.44. The summed E-state index contributed by atoms with van der Waals surface area (Å²) in [6, 6.07) is 51.2. The van der Waals surface area contributed by atoms with Gasteiger partial charge in [-0.1, -0.05) is 109 Å². The van der Waals surface area contributed by atoms with Gasteiger partial charge in [-0.15, -0.1) is 0 Å². The molecule has 0 N–H and O–H groups in total. The first-order valence-electron chi connectivity index (χ1n) is 17.9. The molecule has 0 saturated carbocycles. The second-order valence-electron chi connectivity index (χ2n) is 13.9. The van der Waals surface area contributed by atoms with Gasteiger partial charge in [0.1, 0.15) is 11.8 Å². The molecule has 0 aliphatic carbocycles. The number of allylic oxidation sites excluding steroid dienone is 2. The fraction of sp³-hybridized carbons (Fsp3) is 0.0417. The molecule has 0 saturated heterocycles. The number of benzene rings is 7. The van der Waals surface area contributed by atoms with E-state index in [0.29, 0.717) is 0 Å². The number of hydrogen-bond acceptors (Lipinski definition) is 3. The van der Waals surface area contributed by atoms with Gasteiger partial charge in [0, 0.05) is 24.2 Å². The molecule has 244 valence electrons. The predicted octanol–water partition coefficient (Wildman–Crippen LogP) is 11.5. The zero-order valence-corrected chi connectivity index (χ0v) is 28.3. The third kappa shape index (κ3) is 4.61. The maximum absolute atomic E-state index is 5.00. The van der Waals surface area contributed by atoms with E-state index in [1.165, 1.54) is 70.9 Å². The van der Waals surface area contributed by atoms with Crippen LogP contribution < -0.4 is 0 Å². The van der Waals surface area contributed by atoms with Crippen molar-refractivity contribution in [2.24, 2.45) is 4.99 Å². The van der Waals surface area contributed by atoms with Gasteiger partial charge in [0.05, 0.1) is 18.0 Å². The summed E-state index contributed by atoms with van der Waals surface area (Å²) >= 11 is 0. The third-order valence-corrected chi connectivity index (χ3v) is 10.8. The van der Waals surface area contributed by atoms with E-state index in [2.05, 4.69) is 161 Å². The Morgan fingerprint density at radius 3 is 1.65 bits per heavy atom. The van der Waals surface area contributed by atoms with Crippen molar-refractivity contribution >= 4 is 54.4 Å². The van der Waals surface area contributed by atoms with Crippen molar-refractivity contribution in [3.8, 4) is 33.5 Å². The van der Waals surface area contributed by atoms with Crippen LogP contribution >= 0.6 is 0 Å². The van der Waals surface area contributed by atoms with Gasteiger partial charge in [0.2, 0.25) is 0 Å². The molecule has 0 bridgehead atoms. The van der Waals surface area contributed by atoms with Crippen LogP contribution in [0.5, 0.6) is 0 Å². The Kier molecular flexibility index (Phi) is 6.34. The summed E-state index contributed by atoms with van der Waals surface area (Å²) in [7, 11) is 0. The molecule has 2 aliphatic rings. The summed E-state index contributed by atoms with van der Waals surface area (Å²) in [4.78, 5) is 12.1. The maximum atomic E-state index is 5.00. The van der Waals surface area contributed by atoms with Crippen molar-refractivity contribution in [1.82, 2.24) is 14.3 Å². The minimum Gasteiger partial charge on any atom is -0.347 e. The highest BCUT2D eigenvalue weighted by Gasteiger charge is 2.24. The van der Waals surface area contributed by atoms with E-state index in [4.69, 9.17) is 9.98 Å². The fourth-order valence-electron chi connectivity index (χ4n) is 8.29. The Morgan fingerprint density at radius 2 is 1.06 bits per heavy atom. The number of pyridine rings is 1. The van der Waals surface area contributed by atoms with Crippen LogP contribution in [0.25, 0.3) is 82.2 Å². The predicted molar refractivity (Wildman–Crippen MR) is 217 cm³/mol. The van der Waals surface area contributed by atoms with Gasteiger partial charge in [-0.25, -0.2) is 4.98 Å². The van der Waals surface area contributed by atoms with Crippen molar-refractivity contribution in [1.29, 1.82) is 0 Å². The normalized spacial score (nSPS) is 15.3. The van der Waals surface area contributed by atoms with Crippen LogP contribution in [-0.4, -0.2) is 32.7 Å². The van der Waals surface area contributed by atoms with E-state index >= 15 is 0 Å². The molecule has 2 aliphatic heterocycles. The third-order valence-electron chi connectivity index (χ3n) is 10.8. The molecule has 0 amide bonds. The van der Waals surface area contributed by atoms with E-state index in [-0.39, 0.29) is 6.17 Å². The van der Waals surface area contributed by atoms with Gasteiger partial charge in [0.15, 0.2) is 0 Å². The Labute approximate surface area is 300 Å². The van der Waals surface area contributed by atoms with Crippen molar-refractivity contribution in [3.63, 3.8) is 0 Å². The minimum absolute atomic E-state index is 0.110. The molecular weight excluding hydrogens is 633 g/mol. The van der Waals surface area contributed by atoms with Crippen molar-refractivity contribution in [3.05, 3.63) is 182 Å². The number of nitrogens with zero attached hydrogens (tertiary/aromatic N) is 4. The Hall–Kier alpha value is -6.78. The lowest BCUT2D eigenvalue weighted by Gasteiger charge is -2.19. The summed E-state index contributed by atoms with van der Waals surface area (Å²) in [5.41, 5.74) is 10.4. The molecule has 1 unspecified atom stereocenters. The molecule has 4 heterocycles. The first-order valence-corrected chi connectivity index (χ1v) is 17.9. The second-order valence-corrected chi connectivity index (χ2v) is 13.9. The second kappa shape index (κ2) is 11.4. The molecule has 7 aromatic carbocycles. The van der Waals surface area contributed by atoms with Gasteiger partial charge >= 0.3 is 0 Å². The molecule has 1 atom stereocenters. The molecule has 11 rings (SSSR count). The fourth-order valence-corrected chi connectivity index (χ4v) is 8.29. The van der Waals surface area contributed by atoms with Crippen molar-refractivity contribution in [2.45, 2.75) is 6.17 Å². The van der Waals surface area contributed by atoms with Gasteiger partial charge in [0.25, 0.3) is 0 Å².